The normalized spacial score (nSPS) is 9.75. The van der Waals surface area contributed by atoms with Gasteiger partial charge in [-0.15, -0.1) is 10.2 Å². The Morgan fingerprint density at radius 1 is 1.19 bits per heavy atom. The van der Waals surface area contributed by atoms with Crippen LogP contribution in [0, 0.1) is 0 Å². The summed E-state index contributed by atoms with van der Waals surface area (Å²) in [6.07, 6.45) is 0.271. The second-order valence-electron chi connectivity index (χ2n) is 2.93. The fourth-order valence-electron chi connectivity index (χ4n) is 1.27. The molecule has 0 bridgehead atoms. The van der Waals surface area contributed by atoms with Gasteiger partial charge in [0.2, 0.25) is 0 Å². The molecule has 16 heavy (non-hydrogen) atoms. The third-order valence-electron chi connectivity index (χ3n) is 1.92. The molecule has 2 rings (SSSR count). The molecule has 0 atom stereocenters. The predicted molar refractivity (Wildman–Crippen MR) is 56.4 cm³/mol. The molecule has 0 radical (unpaired) electrons. The van der Waals surface area contributed by atoms with E-state index in [9.17, 15) is 4.79 Å². The molecule has 2 aromatic rings. The molecule has 0 fully saturated rings. The summed E-state index contributed by atoms with van der Waals surface area (Å²) in [6.45, 7) is 0. The van der Waals surface area contributed by atoms with E-state index in [2.05, 4.69) is 15.4 Å². The van der Waals surface area contributed by atoms with Gasteiger partial charge < -0.3 is 5.11 Å². The molecule has 1 N–H and O–H groups in total. The molecule has 0 unspecified atom stereocenters. The highest BCUT2D eigenvalue weighted by atomic mass is 16.4. The van der Waals surface area contributed by atoms with Crippen LogP contribution in [0.3, 0.4) is 0 Å². The van der Waals surface area contributed by atoms with E-state index in [-0.39, 0.29) is 5.82 Å². The molecule has 1 heterocycles. The number of para-hydroxylation sites is 1. The van der Waals surface area contributed by atoms with Crippen molar-refractivity contribution in [3.8, 4) is 0 Å². The van der Waals surface area contributed by atoms with E-state index in [4.69, 9.17) is 5.11 Å². The lowest BCUT2D eigenvalue weighted by molar-refractivity contribution is 0.204. The average molecular weight is 216 g/mol. The minimum atomic E-state index is -1.12. The molecule has 80 valence electrons. The molecule has 0 saturated carbocycles. The first-order valence-corrected chi connectivity index (χ1v) is 4.51. The molecule has 1 aromatic heterocycles. The Bertz CT molecular complexity index is 435. The average Bonchev–Trinajstić information content (AvgIpc) is 2.31. The Balaban J connectivity index is 2.44. The zero-order valence-corrected chi connectivity index (χ0v) is 8.19. The van der Waals surface area contributed by atoms with Crippen LogP contribution < -0.4 is 4.90 Å². The SMILES string of the molecule is O=C(O)N(c1ccccc1)c1ccnnn1. The molecule has 0 spiro atoms. The molecule has 6 nitrogen and oxygen atoms in total. The largest absolute Gasteiger partial charge is 0.464 e. The van der Waals surface area contributed by atoms with Crippen molar-refractivity contribution in [3.05, 3.63) is 42.6 Å². The monoisotopic (exact) mass is 216 g/mol. The third kappa shape index (κ3) is 1.95. The molecule has 1 amide bonds. The second kappa shape index (κ2) is 4.35. The van der Waals surface area contributed by atoms with Crippen molar-refractivity contribution < 1.29 is 9.90 Å². The van der Waals surface area contributed by atoms with Crippen LogP contribution in [0.5, 0.6) is 0 Å². The van der Waals surface area contributed by atoms with Crippen LogP contribution in [0.2, 0.25) is 0 Å². The van der Waals surface area contributed by atoms with E-state index in [0.29, 0.717) is 5.69 Å². The highest BCUT2D eigenvalue weighted by molar-refractivity contribution is 5.93. The summed E-state index contributed by atoms with van der Waals surface area (Å²) in [5.74, 6) is 0.216. The van der Waals surface area contributed by atoms with Gasteiger partial charge in [0.25, 0.3) is 0 Å². The quantitative estimate of drug-likeness (QED) is 0.826. The maximum absolute atomic E-state index is 11.1. The number of benzene rings is 1. The Hall–Kier alpha value is -2.50. The topological polar surface area (TPSA) is 79.2 Å². The number of carboxylic acid groups (broad SMARTS) is 1. The Kier molecular flexibility index (Phi) is 2.73. The lowest BCUT2D eigenvalue weighted by Gasteiger charge is -2.16. The van der Waals surface area contributed by atoms with Crippen molar-refractivity contribution >= 4 is 17.6 Å². The summed E-state index contributed by atoms with van der Waals surface area (Å²) in [7, 11) is 0. The minimum Gasteiger partial charge on any atom is -0.464 e. The predicted octanol–water partition coefficient (Wildman–Crippen LogP) is 1.69. The van der Waals surface area contributed by atoms with Crippen LogP contribution in [0.4, 0.5) is 16.3 Å². The van der Waals surface area contributed by atoms with Crippen molar-refractivity contribution in [2.24, 2.45) is 0 Å². The highest BCUT2D eigenvalue weighted by Gasteiger charge is 2.17. The van der Waals surface area contributed by atoms with E-state index in [1.54, 1.807) is 24.3 Å². The van der Waals surface area contributed by atoms with Gasteiger partial charge in [-0.25, -0.2) is 9.69 Å². The van der Waals surface area contributed by atoms with Crippen LogP contribution in [0.25, 0.3) is 0 Å². The number of rotatable bonds is 2. The number of hydrogen-bond donors (Lipinski definition) is 1. The van der Waals surface area contributed by atoms with E-state index < -0.39 is 6.09 Å². The molecular formula is C10H8N4O2. The Morgan fingerprint density at radius 3 is 2.50 bits per heavy atom. The molecule has 0 aliphatic heterocycles. The Morgan fingerprint density at radius 2 is 1.94 bits per heavy atom. The fraction of sp³-hybridized carbons (Fsp3) is 0. The number of anilines is 2. The molecule has 6 heteroatoms. The number of hydrogen-bond acceptors (Lipinski definition) is 4. The molecule has 0 aliphatic rings. The smallest absolute Gasteiger partial charge is 0.417 e. The van der Waals surface area contributed by atoms with Gasteiger partial charge in [0.05, 0.1) is 11.9 Å². The van der Waals surface area contributed by atoms with E-state index in [0.717, 1.165) is 4.90 Å². The van der Waals surface area contributed by atoms with Crippen LogP contribution in [0.15, 0.2) is 42.6 Å². The van der Waals surface area contributed by atoms with Gasteiger partial charge in [0.1, 0.15) is 0 Å². The zero-order chi connectivity index (χ0) is 11.4. The van der Waals surface area contributed by atoms with Gasteiger partial charge in [-0.3, -0.25) is 0 Å². The van der Waals surface area contributed by atoms with Crippen molar-refractivity contribution in [1.82, 2.24) is 15.4 Å². The maximum atomic E-state index is 11.1. The number of aromatic nitrogens is 3. The Labute approximate surface area is 91.2 Å². The lowest BCUT2D eigenvalue weighted by atomic mass is 10.3. The minimum absolute atomic E-state index is 0.216. The molecular weight excluding hydrogens is 208 g/mol. The summed E-state index contributed by atoms with van der Waals surface area (Å²) < 4.78 is 0. The number of amides is 1. The van der Waals surface area contributed by atoms with Crippen molar-refractivity contribution in [2.75, 3.05) is 4.90 Å². The third-order valence-corrected chi connectivity index (χ3v) is 1.92. The summed E-state index contributed by atoms with van der Waals surface area (Å²) in [5.41, 5.74) is 0.510. The van der Waals surface area contributed by atoms with E-state index in [1.165, 1.54) is 12.3 Å². The van der Waals surface area contributed by atoms with Gasteiger partial charge in [0.15, 0.2) is 5.82 Å². The summed E-state index contributed by atoms with van der Waals surface area (Å²) >= 11 is 0. The van der Waals surface area contributed by atoms with Crippen LogP contribution in [-0.2, 0) is 0 Å². The zero-order valence-electron chi connectivity index (χ0n) is 8.19. The molecule has 0 saturated heterocycles. The highest BCUT2D eigenvalue weighted by Crippen LogP contribution is 2.21. The first kappa shape index (κ1) is 10.0. The maximum Gasteiger partial charge on any atom is 0.417 e. The van der Waals surface area contributed by atoms with Crippen molar-refractivity contribution in [3.63, 3.8) is 0 Å². The number of carbonyl (C=O) groups is 1. The first-order chi connectivity index (χ1) is 7.79. The first-order valence-electron chi connectivity index (χ1n) is 4.51. The fourth-order valence-corrected chi connectivity index (χ4v) is 1.27. The second-order valence-corrected chi connectivity index (χ2v) is 2.93. The van der Waals surface area contributed by atoms with Crippen LogP contribution in [0.1, 0.15) is 0 Å². The summed E-state index contributed by atoms with van der Waals surface area (Å²) in [4.78, 5) is 12.2. The standard InChI is InChI=1S/C10H8N4O2/c15-10(16)14(8-4-2-1-3-5-8)9-6-7-11-13-12-9/h1-7H,(H,15,16). The van der Waals surface area contributed by atoms with Gasteiger partial charge in [0, 0.05) is 6.07 Å². The lowest BCUT2D eigenvalue weighted by Crippen LogP contribution is -2.24. The van der Waals surface area contributed by atoms with Gasteiger partial charge in [-0.2, -0.15) is 0 Å². The van der Waals surface area contributed by atoms with Crippen molar-refractivity contribution in [1.29, 1.82) is 0 Å². The van der Waals surface area contributed by atoms with E-state index in [1.807, 2.05) is 6.07 Å². The van der Waals surface area contributed by atoms with Crippen LogP contribution >= 0.6 is 0 Å². The van der Waals surface area contributed by atoms with Crippen LogP contribution in [-0.4, -0.2) is 26.6 Å². The van der Waals surface area contributed by atoms with Gasteiger partial charge >= 0.3 is 6.09 Å². The molecule has 0 aliphatic carbocycles. The summed E-state index contributed by atoms with van der Waals surface area (Å²) in [6, 6.07) is 10.1. The van der Waals surface area contributed by atoms with Crippen molar-refractivity contribution in [2.45, 2.75) is 0 Å². The number of nitrogens with zero attached hydrogens (tertiary/aromatic N) is 4. The molecule has 1 aromatic carbocycles. The van der Waals surface area contributed by atoms with Gasteiger partial charge in [-0.05, 0) is 17.3 Å². The van der Waals surface area contributed by atoms with Gasteiger partial charge in [-0.1, -0.05) is 18.2 Å². The van der Waals surface area contributed by atoms with E-state index >= 15 is 0 Å². The summed E-state index contributed by atoms with van der Waals surface area (Å²) in [5, 5.41) is 19.7.